The highest BCUT2D eigenvalue weighted by molar-refractivity contribution is 7.22. The summed E-state index contributed by atoms with van der Waals surface area (Å²) in [7, 11) is 1.69. The minimum Gasteiger partial charge on any atom is -0.493 e. The Labute approximate surface area is 241 Å². The third-order valence-corrected chi connectivity index (χ3v) is 8.70. The third kappa shape index (κ3) is 4.75. The molecule has 4 heterocycles. The average Bonchev–Trinajstić information content (AvgIpc) is 3.60. The number of hydrogen-bond donors (Lipinski definition) is 1. The summed E-state index contributed by atoms with van der Waals surface area (Å²) in [5.41, 5.74) is 4.63. The number of unbranched alkanes of at least 4 members (excludes halogenated alkanes) is 2. The molecule has 0 aliphatic carbocycles. The van der Waals surface area contributed by atoms with E-state index in [1.165, 1.54) is 16.8 Å². The molecular formula is C31H29ClN3O4S+. The van der Waals surface area contributed by atoms with Crippen LogP contribution in [-0.2, 0) is 13.0 Å². The van der Waals surface area contributed by atoms with E-state index in [1.54, 1.807) is 18.4 Å². The second kappa shape index (κ2) is 10.7. The smallest absolute Gasteiger partial charge is 0.231 e. The molecule has 9 heteroatoms. The van der Waals surface area contributed by atoms with Crippen LogP contribution in [0.15, 0.2) is 54.7 Å². The van der Waals surface area contributed by atoms with E-state index in [1.807, 2.05) is 24.3 Å². The van der Waals surface area contributed by atoms with Crippen LogP contribution in [0.5, 0.6) is 23.0 Å². The second-order valence-electron chi connectivity index (χ2n) is 10.0. The average molecular weight is 575 g/mol. The van der Waals surface area contributed by atoms with Gasteiger partial charge in [0.25, 0.3) is 0 Å². The molecule has 0 fully saturated rings. The maximum atomic E-state index is 6.36. The topological polar surface area (TPSA) is 65.7 Å². The van der Waals surface area contributed by atoms with E-state index >= 15 is 0 Å². The molecule has 0 radical (unpaired) electrons. The minimum atomic E-state index is 0.284. The van der Waals surface area contributed by atoms with Crippen LogP contribution in [0.1, 0.15) is 24.8 Å². The van der Waals surface area contributed by atoms with Crippen LogP contribution in [0.25, 0.3) is 32.2 Å². The first kappa shape index (κ1) is 25.2. The standard InChI is InChI=1S/C31H29ClN3O4S/c1-36-26-8-5-19-13-25-22-16-28-27(38-18-39-28)14-20(22)9-11-35(25)17-23(19)30(26)37-12-4-2-3-10-33-31-34-24-7-6-21(32)15-29(24)40-31/h5-8,13-17H,2-4,9-12,18H2,1H3,(H,33,34)/q+1. The first-order chi connectivity index (χ1) is 19.7. The predicted octanol–water partition coefficient (Wildman–Crippen LogP) is 7.01. The van der Waals surface area contributed by atoms with Gasteiger partial charge in [0.1, 0.15) is 0 Å². The normalized spacial score (nSPS) is 13.3. The molecule has 1 N–H and O–H groups in total. The lowest BCUT2D eigenvalue weighted by Crippen LogP contribution is -2.40. The van der Waals surface area contributed by atoms with Gasteiger partial charge < -0.3 is 24.3 Å². The molecule has 0 saturated heterocycles. The Morgan fingerprint density at radius 3 is 2.85 bits per heavy atom. The van der Waals surface area contributed by atoms with Gasteiger partial charge in [-0.2, -0.15) is 4.57 Å². The summed E-state index contributed by atoms with van der Waals surface area (Å²) in [5, 5.41) is 7.29. The number of thiazole rings is 1. The molecule has 7 nitrogen and oxygen atoms in total. The lowest BCUT2D eigenvalue weighted by molar-refractivity contribution is -0.686. The van der Waals surface area contributed by atoms with Crippen molar-refractivity contribution in [3.63, 3.8) is 0 Å². The fraction of sp³-hybridized carbons (Fsp3) is 0.290. The number of benzene rings is 3. The van der Waals surface area contributed by atoms with Crippen LogP contribution in [-0.4, -0.2) is 32.0 Å². The van der Waals surface area contributed by atoms with Gasteiger partial charge >= 0.3 is 0 Å². The number of nitrogens with zero attached hydrogens (tertiary/aromatic N) is 2. The van der Waals surface area contributed by atoms with E-state index < -0.39 is 0 Å². The van der Waals surface area contributed by atoms with Gasteiger partial charge in [-0.1, -0.05) is 22.9 Å². The van der Waals surface area contributed by atoms with Gasteiger partial charge in [-0.3, -0.25) is 0 Å². The second-order valence-corrected chi connectivity index (χ2v) is 11.5. The van der Waals surface area contributed by atoms with Gasteiger partial charge in [0, 0.05) is 24.1 Å². The van der Waals surface area contributed by atoms with Crippen molar-refractivity contribution in [2.75, 3.05) is 32.4 Å². The monoisotopic (exact) mass is 574 g/mol. The third-order valence-electron chi connectivity index (χ3n) is 7.49. The van der Waals surface area contributed by atoms with Gasteiger partial charge in [0.15, 0.2) is 40.9 Å². The summed E-state index contributed by atoms with van der Waals surface area (Å²) in [6, 6.07) is 16.4. The molecule has 0 saturated carbocycles. The molecule has 204 valence electrons. The fourth-order valence-corrected chi connectivity index (χ4v) is 6.62. The van der Waals surface area contributed by atoms with E-state index in [0.717, 1.165) is 92.9 Å². The molecular weight excluding hydrogens is 546 g/mol. The maximum absolute atomic E-state index is 6.36. The van der Waals surface area contributed by atoms with E-state index in [-0.39, 0.29) is 6.79 Å². The Morgan fingerprint density at radius 1 is 1.05 bits per heavy atom. The molecule has 5 aromatic rings. The van der Waals surface area contributed by atoms with Crippen molar-refractivity contribution >= 4 is 49.1 Å². The zero-order chi connectivity index (χ0) is 27.1. The fourth-order valence-electron chi connectivity index (χ4n) is 5.45. The zero-order valence-corrected chi connectivity index (χ0v) is 23.7. The van der Waals surface area contributed by atoms with Crippen LogP contribution < -0.4 is 28.8 Å². The van der Waals surface area contributed by atoms with Crippen molar-refractivity contribution in [2.24, 2.45) is 0 Å². The van der Waals surface area contributed by atoms with Crippen LogP contribution in [0.3, 0.4) is 0 Å². The van der Waals surface area contributed by atoms with Crippen molar-refractivity contribution in [3.05, 3.63) is 65.3 Å². The Hall–Kier alpha value is -3.75. The maximum Gasteiger partial charge on any atom is 0.231 e. The summed E-state index contributed by atoms with van der Waals surface area (Å²) in [4.78, 5) is 4.63. The largest absolute Gasteiger partial charge is 0.493 e. The van der Waals surface area contributed by atoms with Crippen LogP contribution >= 0.6 is 22.9 Å². The molecule has 2 aromatic heterocycles. The summed E-state index contributed by atoms with van der Waals surface area (Å²) in [6.45, 7) is 2.67. The Balaban J connectivity index is 1.01. The SMILES string of the molecule is COc1ccc2cc3[n+](cc2c1OCCCCCNc1nc2ccc(Cl)cc2s1)CCc1cc2c(cc1-3)OCO2. The Kier molecular flexibility index (Phi) is 6.73. The number of hydrogen-bond acceptors (Lipinski definition) is 7. The van der Waals surface area contributed by atoms with Crippen LogP contribution in [0, 0.1) is 0 Å². The summed E-state index contributed by atoms with van der Waals surface area (Å²) < 4.78 is 26.7. The van der Waals surface area contributed by atoms with Crippen LogP contribution in [0.2, 0.25) is 5.02 Å². The number of methoxy groups -OCH3 is 1. The van der Waals surface area contributed by atoms with E-state index in [2.05, 4.69) is 45.3 Å². The number of aromatic nitrogens is 2. The van der Waals surface area contributed by atoms with E-state index in [0.29, 0.717) is 6.61 Å². The summed E-state index contributed by atoms with van der Waals surface area (Å²) in [6.07, 6.45) is 6.18. The first-order valence-electron chi connectivity index (χ1n) is 13.6. The molecule has 0 atom stereocenters. The van der Waals surface area contributed by atoms with Crippen LogP contribution in [0.4, 0.5) is 5.13 Å². The number of fused-ring (bicyclic) bond motifs is 6. The van der Waals surface area contributed by atoms with Gasteiger partial charge in [-0.05, 0) is 72.7 Å². The molecule has 3 aromatic carbocycles. The number of rotatable bonds is 9. The number of ether oxygens (including phenoxy) is 4. The van der Waals surface area contributed by atoms with Crippen molar-refractivity contribution in [1.29, 1.82) is 0 Å². The molecule has 2 aliphatic heterocycles. The highest BCUT2D eigenvalue weighted by Crippen LogP contribution is 2.41. The minimum absolute atomic E-state index is 0.284. The number of pyridine rings is 1. The van der Waals surface area contributed by atoms with Crippen molar-refractivity contribution in [3.8, 4) is 34.3 Å². The molecule has 7 rings (SSSR count). The highest BCUT2D eigenvalue weighted by Gasteiger charge is 2.28. The zero-order valence-electron chi connectivity index (χ0n) is 22.2. The van der Waals surface area contributed by atoms with E-state index in [4.69, 9.17) is 30.5 Å². The van der Waals surface area contributed by atoms with Crippen molar-refractivity contribution in [1.82, 2.24) is 4.98 Å². The van der Waals surface area contributed by atoms with Gasteiger partial charge in [-0.15, -0.1) is 0 Å². The van der Waals surface area contributed by atoms with E-state index in [9.17, 15) is 0 Å². The van der Waals surface area contributed by atoms with Crippen molar-refractivity contribution in [2.45, 2.75) is 32.2 Å². The molecule has 0 amide bonds. The molecule has 2 aliphatic rings. The van der Waals surface area contributed by atoms with Gasteiger partial charge in [0.2, 0.25) is 12.5 Å². The first-order valence-corrected chi connectivity index (χ1v) is 14.8. The Morgan fingerprint density at radius 2 is 1.95 bits per heavy atom. The number of nitrogens with one attached hydrogen (secondary N) is 1. The Bertz CT molecular complexity index is 1740. The quantitative estimate of drug-likeness (QED) is 0.151. The summed E-state index contributed by atoms with van der Waals surface area (Å²) >= 11 is 7.73. The molecule has 0 spiro atoms. The lowest BCUT2D eigenvalue weighted by Gasteiger charge is -2.18. The number of anilines is 1. The highest BCUT2D eigenvalue weighted by atomic mass is 35.5. The van der Waals surface area contributed by atoms with Gasteiger partial charge in [-0.25, -0.2) is 4.98 Å². The number of halogens is 1. The molecule has 0 bridgehead atoms. The predicted molar refractivity (Wildman–Crippen MR) is 158 cm³/mol. The van der Waals surface area contributed by atoms with Gasteiger partial charge in [0.05, 0.1) is 34.9 Å². The van der Waals surface area contributed by atoms with Crippen molar-refractivity contribution < 1.29 is 23.5 Å². The summed E-state index contributed by atoms with van der Waals surface area (Å²) in [5.74, 6) is 3.21. The molecule has 40 heavy (non-hydrogen) atoms. The molecule has 0 unspecified atom stereocenters. The lowest BCUT2D eigenvalue weighted by atomic mass is 9.95. The number of aryl methyl sites for hydroxylation is 2.